The number of halogens is 4. The van der Waals surface area contributed by atoms with Crippen LogP contribution >= 0.6 is 11.6 Å². The molecular formula is C26H25ClF3N3O3S. The number of anilines is 2. The molecule has 1 amide bonds. The molecule has 3 aromatic rings. The van der Waals surface area contributed by atoms with Crippen molar-refractivity contribution in [3.8, 4) is 0 Å². The van der Waals surface area contributed by atoms with E-state index in [4.69, 9.17) is 11.6 Å². The van der Waals surface area contributed by atoms with Gasteiger partial charge in [-0.2, -0.15) is 13.2 Å². The smallest absolute Gasteiger partial charge is 0.368 e. The fourth-order valence-corrected chi connectivity index (χ4v) is 5.69. The molecule has 0 saturated carbocycles. The van der Waals surface area contributed by atoms with Crippen LogP contribution in [0.4, 0.5) is 24.5 Å². The normalized spacial score (nSPS) is 14.5. The van der Waals surface area contributed by atoms with Gasteiger partial charge in [0.2, 0.25) is 5.91 Å². The summed E-state index contributed by atoms with van der Waals surface area (Å²) in [5, 5.41) is 0.368. The van der Waals surface area contributed by atoms with Crippen LogP contribution in [0.3, 0.4) is 0 Å². The van der Waals surface area contributed by atoms with Crippen molar-refractivity contribution in [1.82, 2.24) is 4.90 Å². The number of piperazine rings is 1. The van der Waals surface area contributed by atoms with Crippen LogP contribution in [-0.2, 0) is 21.0 Å². The average molecular weight is 552 g/mol. The van der Waals surface area contributed by atoms with E-state index in [-0.39, 0.29) is 23.7 Å². The Morgan fingerprint density at radius 1 is 0.946 bits per heavy atom. The third-order valence-electron chi connectivity index (χ3n) is 6.22. The van der Waals surface area contributed by atoms with E-state index < -0.39 is 34.2 Å². The third-order valence-corrected chi connectivity index (χ3v) is 8.42. The van der Waals surface area contributed by atoms with Gasteiger partial charge in [0.1, 0.15) is 6.54 Å². The number of hydrogen-bond donors (Lipinski definition) is 0. The zero-order valence-electron chi connectivity index (χ0n) is 20.0. The van der Waals surface area contributed by atoms with Crippen molar-refractivity contribution in [3.05, 3.63) is 88.9 Å². The Hall–Kier alpha value is -3.24. The molecule has 0 unspecified atom stereocenters. The first-order chi connectivity index (χ1) is 17.5. The van der Waals surface area contributed by atoms with Gasteiger partial charge >= 0.3 is 6.18 Å². The molecular weight excluding hydrogens is 527 g/mol. The van der Waals surface area contributed by atoms with Gasteiger partial charge in [-0.15, -0.1) is 0 Å². The molecule has 6 nitrogen and oxygen atoms in total. The first kappa shape index (κ1) is 26.8. The molecule has 0 aromatic heterocycles. The van der Waals surface area contributed by atoms with Crippen molar-refractivity contribution >= 4 is 38.9 Å². The van der Waals surface area contributed by atoms with Gasteiger partial charge in [0.25, 0.3) is 10.0 Å². The zero-order valence-corrected chi connectivity index (χ0v) is 21.5. The van der Waals surface area contributed by atoms with Gasteiger partial charge in [0, 0.05) is 36.9 Å². The number of amides is 1. The van der Waals surface area contributed by atoms with Gasteiger partial charge in [-0.25, -0.2) is 8.42 Å². The Kier molecular flexibility index (Phi) is 7.70. The lowest BCUT2D eigenvalue weighted by atomic mass is 10.1. The number of hydrogen-bond acceptors (Lipinski definition) is 4. The van der Waals surface area contributed by atoms with Crippen molar-refractivity contribution < 1.29 is 26.4 Å². The van der Waals surface area contributed by atoms with E-state index in [2.05, 4.69) is 0 Å². The molecule has 1 saturated heterocycles. The van der Waals surface area contributed by atoms with Gasteiger partial charge in [-0.05, 0) is 55.0 Å². The predicted octanol–water partition coefficient (Wildman–Crippen LogP) is 5.21. The number of carbonyl (C=O) groups excluding carboxylic acids is 1. The first-order valence-electron chi connectivity index (χ1n) is 11.5. The molecule has 0 N–H and O–H groups in total. The summed E-state index contributed by atoms with van der Waals surface area (Å²) in [6.07, 6.45) is -4.44. The van der Waals surface area contributed by atoms with Crippen LogP contribution in [0, 0.1) is 6.92 Å². The summed E-state index contributed by atoms with van der Waals surface area (Å²) in [6.45, 7) is 2.45. The van der Waals surface area contributed by atoms with E-state index in [0.29, 0.717) is 23.8 Å². The molecule has 4 rings (SSSR count). The monoisotopic (exact) mass is 551 g/mol. The molecule has 37 heavy (non-hydrogen) atoms. The number of nitrogens with zero attached hydrogens (tertiary/aromatic N) is 3. The van der Waals surface area contributed by atoms with Crippen molar-refractivity contribution in [2.75, 3.05) is 41.9 Å². The van der Waals surface area contributed by atoms with Crippen LogP contribution < -0.4 is 9.21 Å². The molecule has 3 aromatic carbocycles. The van der Waals surface area contributed by atoms with Gasteiger partial charge in [0.15, 0.2) is 0 Å². The van der Waals surface area contributed by atoms with Gasteiger partial charge in [0.05, 0.1) is 16.1 Å². The standard InChI is InChI=1S/C26H25ClF3N3O3S/c1-19-10-11-22(17-24(19)27)33(37(35,36)23-8-3-2-4-9-23)18-25(34)32-14-12-31(13-15-32)21-7-5-6-20(16-21)26(28,29)30/h2-11,16-17H,12-15,18H2,1H3. The minimum absolute atomic E-state index is 0.0360. The first-order valence-corrected chi connectivity index (χ1v) is 13.3. The number of benzene rings is 3. The van der Waals surface area contributed by atoms with Crippen molar-refractivity contribution in [3.63, 3.8) is 0 Å². The highest BCUT2D eigenvalue weighted by atomic mass is 35.5. The minimum Gasteiger partial charge on any atom is -0.368 e. The Morgan fingerprint density at radius 3 is 2.24 bits per heavy atom. The van der Waals surface area contributed by atoms with Gasteiger partial charge in [-0.3, -0.25) is 9.10 Å². The van der Waals surface area contributed by atoms with E-state index in [9.17, 15) is 26.4 Å². The highest BCUT2D eigenvalue weighted by molar-refractivity contribution is 7.92. The van der Waals surface area contributed by atoms with Crippen LogP contribution in [0.25, 0.3) is 0 Å². The molecule has 1 aliphatic heterocycles. The predicted molar refractivity (Wildman–Crippen MR) is 137 cm³/mol. The molecule has 1 fully saturated rings. The number of sulfonamides is 1. The molecule has 196 valence electrons. The summed E-state index contributed by atoms with van der Waals surface area (Å²) in [5.41, 5.74) is 0.710. The second kappa shape index (κ2) is 10.6. The zero-order chi connectivity index (χ0) is 26.8. The van der Waals surface area contributed by atoms with Crippen LogP contribution in [-0.4, -0.2) is 51.9 Å². The lowest BCUT2D eigenvalue weighted by Gasteiger charge is -2.37. The SMILES string of the molecule is Cc1ccc(N(CC(=O)N2CCN(c3cccc(C(F)(F)F)c3)CC2)S(=O)(=O)c2ccccc2)cc1Cl. The molecule has 0 radical (unpaired) electrons. The second-order valence-corrected chi connectivity index (χ2v) is 10.9. The van der Waals surface area contributed by atoms with Crippen LogP contribution in [0.2, 0.25) is 5.02 Å². The largest absolute Gasteiger partial charge is 0.416 e. The molecule has 11 heteroatoms. The number of aryl methyl sites for hydroxylation is 1. The molecule has 0 spiro atoms. The Morgan fingerprint density at radius 2 is 1.62 bits per heavy atom. The lowest BCUT2D eigenvalue weighted by molar-refractivity contribution is -0.137. The van der Waals surface area contributed by atoms with Crippen molar-refractivity contribution in [1.29, 1.82) is 0 Å². The van der Waals surface area contributed by atoms with Gasteiger partial charge < -0.3 is 9.80 Å². The summed E-state index contributed by atoms with van der Waals surface area (Å²) in [5.74, 6) is -0.417. The topological polar surface area (TPSA) is 60.9 Å². The summed E-state index contributed by atoms with van der Waals surface area (Å²) in [4.78, 5) is 16.6. The molecule has 0 bridgehead atoms. The lowest BCUT2D eigenvalue weighted by Crippen LogP contribution is -2.52. The highest BCUT2D eigenvalue weighted by Crippen LogP contribution is 2.32. The van der Waals surface area contributed by atoms with E-state index in [1.807, 2.05) is 0 Å². The highest BCUT2D eigenvalue weighted by Gasteiger charge is 2.32. The number of alkyl halides is 3. The molecule has 0 atom stereocenters. The number of carbonyl (C=O) groups is 1. The average Bonchev–Trinajstić information content (AvgIpc) is 2.89. The fraction of sp³-hybridized carbons (Fsp3) is 0.269. The maximum atomic E-state index is 13.5. The Bertz CT molecular complexity index is 1380. The molecule has 0 aliphatic carbocycles. The van der Waals surface area contributed by atoms with Gasteiger partial charge in [-0.1, -0.05) is 41.9 Å². The molecule has 1 heterocycles. The van der Waals surface area contributed by atoms with E-state index in [1.54, 1.807) is 48.2 Å². The second-order valence-electron chi connectivity index (χ2n) is 8.67. The van der Waals surface area contributed by atoms with E-state index in [0.717, 1.165) is 22.0 Å². The van der Waals surface area contributed by atoms with E-state index >= 15 is 0 Å². The van der Waals surface area contributed by atoms with E-state index in [1.165, 1.54) is 29.2 Å². The quantitative estimate of drug-likeness (QED) is 0.422. The summed E-state index contributed by atoms with van der Waals surface area (Å²) < 4.78 is 67.3. The van der Waals surface area contributed by atoms with Crippen LogP contribution in [0.5, 0.6) is 0 Å². The maximum Gasteiger partial charge on any atom is 0.416 e. The van der Waals surface area contributed by atoms with Crippen LogP contribution in [0.1, 0.15) is 11.1 Å². The van der Waals surface area contributed by atoms with Crippen molar-refractivity contribution in [2.45, 2.75) is 18.0 Å². The minimum atomic E-state index is -4.44. The summed E-state index contributed by atoms with van der Waals surface area (Å²) in [7, 11) is -4.08. The summed E-state index contributed by atoms with van der Waals surface area (Å²) in [6, 6.07) is 17.7. The van der Waals surface area contributed by atoms with Crippen LogP contribution in [0.15, 0.2) is 77.7 Å². The third kappa shape index (κ3) is 6.02. The summed E-state index contributed by atoms with van der Waals surface area (Å²) >= 11 is 6.26. The Balaban J connectivity index is 1.52. The number of rotatable bonds is 6. The Labute approximate surface area is 218 Å². The molecule has 1 aliphatic rings. The fourth-order valence-electron chi connectivity index (χ4n) is 4.09. The maximum absolute atomic E-state index is 13.5. The van der Waals surface area contributed by atoms with Crippen molar-refractivity contribution in [2.24, 2.45) is 0 Å².